The summed E-state index contributed by atoms with van der Waals surface area (Å²) in [6.07, 6.45) is 7.32. The summed E-state index contributed by atoms with van der Waals surface area (Å²) in [7, 11) is 0. The minimum absolute atomic E-state index is 0.115. The molecule has 2 aliphatic heterocycles. The molecule has 0 spiro atoms. The number of rotatable bonds is 3. The molecule has 0 unspecified atom stereocenters. The first-order chi connectivity index (χ1) is 8.68. The molecule has 2 aliphatic rings. The molecule has 18 heavy (non-hydrogen) atoms. The van der Waals surface area contributed by atoms with Crippen molar-refractivity contribution in [1.82, 2.24) is 4.90 Å². The van der Waals surface area contributed by atoms with Gasteiger partial charge in [-0.25, -0.2) is 0 Å². The van der Waals surface area contributed by atoms with Gasteiger partial charge in [-0.05, 0) is 51.5 Å². The van der Waals surface area contributed by atoms with Crippen molar-refractivity contribution in [2.75, 3.05) is 19.7 Å². The van der Waals surface area contributed by atoms with Gasteiger partial charge in [0.05, 0.1) is 6.61 Å². The summed E-state index contributed by atoms with van der Waals surface area (Å²) in [5, 5.41) is 0. The standard InChI is InChI=1S/C15H23NO2/c1-12(2)7-8-13-6-5-11-18-14(13)15(17)16-9-3-4-10-16/h7H,3-6,8-11H2,1-2H3. The van der Waals surface area contributed by atoms with E-state index in [0.29, 0.717) is 12.4 Å². The molecular formula is C15H23NO2. The van der Waals surface area contributed by atoms with Gasteiger partial charge in [0.1, 0.15) is 0 Å². The molecule has 2 rings (SSSR count). The number of allylic oxidation sites excluding steroid dienone is 3. The molecule has 3 nitrogen and oxygen atoms in total. The van der Waals surface area contributed by atoms with E-state index in [-0.39, 0.29) is 5.91 Å². The van der Waals surface area contributed by atoms with Gasteiger partial charge in [-0.1, -0.05) is 11.6 Å². The topological polar surface area (TPSA) is 29.5 Å². The van der Waals surface area contributed by atoms with Crippen LogP contribution in [0.4, 0.5) is 0 Å². The molecule has 0 atom stereocenters. The van der Waals surface area contributed by atoms with Crippen LogP contribution in [0.2, 0.25) is 0 Å². The molecule has 0 aromatic carbocycles. The lowest BCUT2D eigenvalue weighted by Crippen LogP contribution is -2.31. The quantitative estimate of drug-likeness (QED) is 0.719. The Balaban J connectivity index is 2.13. The van der Waals surface area contributed by atoms with Crippen molar-refractivity contribution in [3.8, 4) is 0 Å². The zero-order valence-corrected chi connectivity index (χ0v) is 11.5. The van der Waals surface area contributed by atoms with Crippen molar-refractivity contribution in [2.45, 2.75) is 46.0 Å². The van der Waals surface area contributed by atoms with Crippen molar-refractivity contribution in [2.24, 2.45) is 0 Å². The summed E-state index contributed by atoms with van der Waals surface area (Å²) in [6.45, 7) is 6.65. The highest BCUT2D eigenvalue weighted by molar-refractivity contribution is 5.92. The molecule has 0 N–H and O–H groups in total. The Morgan fingerprint density at radius 2 is 2.00 bits per heavy atom. The van der Waals surface area contributed by atoms with Gasteiger partial charge in [0.15, 0.2) is 5.76 Å². The second-order valence-electron chi connectivity index (χ2n) is 5.37. The maximum Gasteiger partial charge on any atom is 0.288 e. The van der Waals surface area contributed by atoms with Gasteiger partial charge in [-0.15, -0.1) is 0 Å². The highest BCUT2D eigenvalue weighted by Gasteiger charge is 2.26. The van der Waals surface area contributed by atoms with E-state index in [0.717, 1.165) is 45.2 Å². The first-order valence-corrected chi connectivity index (χ1v) is 6.96. The Labute approximate surface area is 109 Å². The van der Waals surface area contributed by atoms with Crippen LogP contribution in [0, 0.1) is 0 Å². The van der Waals surface area contributed by atoms with Crippen molar-refractivity contribution in [3.63, 3.8) is 0 Å². The van der Waals surface area contributed by atoms with E-state index in [9.17, 15) is 4.79 Å². The van der Waals surface area contributed by atoms with Crippen molar-refractivity contribution in [3.05, 3.63) is 23.0 Å². The number of carbonyl (C=O) groups is 1. The summed E-state index contributed by atoms with van der Waals surface area (Å²) in [5.41, 5.74) is 2.47. The normalized spacial score (nSPS) is 19.8. The highest BCUT2D eigenvalue weighted by atomic mass is 16.5. The molecule has 0 aromatic rings. The minimum atomic E-state index is 0.115. The molecule has 0 aliphatic carbocycles. The zero-order chi connectivity index (χ0) is 13.0. The summed E-state index contributed by atoms with van der Waals surface area (Å²) < 4.78 is 5.66. The predicted molar refractivity (Wildman–Crippen MR) is 72.1 cm³/mol. The van der Waals surface area contributed by atoms with Gasteiger partial charge >= 0.3 is 0 Å². The number of ether oxygens (including phenoxy) is 1. The van der Waals surface area contributed by atoms with E-state index in [4.69, 9.17) is 4.74 Å². The second kappa shape index (κ2) is 6.07. The Bertz CT molecular complexity index is 372. The molecule has 0 aromatic heterocycles. The molecule has 0 radical (unpaired) electrons. The van der Waals surface area contributed by atoms with E-state index >= 15 is 0 Å². The molecule has 0 bridgehead atoms. The van der Waals surface area contributed by atoms with Crippen LogP contribution in [0.3, 0.4) is 0 Å². The molecule has 100 valence electrons. The van der Waals surface area contributed by atoms with E-state index < -0.39 is 0 Å². The van der Waals surface area contributed by atoms with Crippen LogP contribution >= 0.6 is 0 Å². The molecule has 1 fully saturated rings. The lowest BCUT2D eigenvalue weighted by Gasteiger charge is -2.24. The monoisotopic (exact) mass is 249 g/mol. The third-order valence-electron chi connectivity index (χ3n) is 3.53. The summed E-state index contributed by atoms with van der Waals surface area (Å²) in [4.78, 5) is 14.3. The van der Waals surface area contributed by atoms with Gasteiger partial charge < -0.3 is 9.64 Å². The Kier molecular flexibility index (Phi) is 4.45. The van der Waals surface area contributed by atoms with E-state index in [2.05, 4.69) is 19.9 Å². The lowest BCUT2D eigenvalue weighted by molar-refractivity contribution is -0.130. The maximum absolute atomic E-state index is 12.4. The van der Waals surface area contributed by atoms with Crippen LogP contribution in [0.5, 0.6) is 0 Å². The molecule has 3 heteroatoms. The number of carbonyl (C=O) groups excluding carboxylic acids is 1. The first kappa shape index (κ1) is 13.2. The van der Waals surface area contributed by atoms with Gasteiger partial charge in [0.25, 0.3) is 5.91 Å². The molecular weight excluding hydrogens is 226 g/mol. The second-order valence-corrected chi connectivity index (χ2v) is 5.37. The average Bonchev–Trinajstić information content (AvgIpc) is 2.89. The average molecular weight is 249 g/mol. The van der Waals surface area contributed by atoms with E-state index in [1.54, 1.807) is 0 Å². The third-order valence-corrected chi connectivity index (χ3v) is 3.53. The smallest absolute Gasteiger partial charge is 0.288 e. The fourth-order valence-corrected chi connectivity index (χ4v) is 2.47. The van der Waals surface area contributed by atoms with Gasteiger partial charge in [0, 0.05) is 13.1 Å². The Hall–Kier alpha value is -1.25. The molecule has 1 amide bonds. The van der Waals surface area contributed by atoms with Crippen LogP contribution in [0.25, 0.3) is 0 Å². The highest BCUT2D eigenvalue weighted by Crippen LogP contribution is 2.25. The van der Waals surface area contributed by atoms with Gasteiger partial charge in [-0.2, -0.15) is 0 Å². The number of hydrogen-bond donors (Lipinski definition) is 0. The fourth-order valence-electron chi connectivity index (χ4n) is 2.47. The number of nitrogens with zero attached hydrogens (tertiary/aromatic N) is 1. The Morgan fingerprint density at radius 3 is 2.67 bits per heavy atom. The van der Waals surface area contributed by atoms with Crippen LogP contribution < -0.4 is 0 Å². The van der Waals surface area contributed by atoms with Gasteiger partial charge in [-0.3, -0.25) is 4.79 Å². The number of amides is 1. The summed E-state index contributed by atoms with van der Waals surface area (Å²) in [5.74, 6) is 0.755. The number of likely N-dealkylation sites (tertiary alicyclic amines) is 1. The van der Waals surface area contributed by atoms with Crippen molar-refractivity contribution >= 4 is 5.91 Å². The lowest BCUT2D eigenvalue weighted by atomic mass is 10.0. The van der Waals surface area contributed by atoms with Crippen LogP contribution in [-0.4, -0.2) is 30.5 Å². The third kappa shape index (κ3) is 3.15. The molecule has 1 saturated heterocycles. The number of hydrogen-bond acceptors (Lipinski definition) is 2. The van der Waals surface area contributed by atoms with Crippen molar-refractivity contribution in [1.29, 1.82) is 0 Å². The van der Waals surface area contributed by atoms with E-state index in [1.807, 2.05) is 4.90 Å². The van der Waals surface area contributed by atoms with Crippen molar-refractivity contribution < 1.29 is 9.53 Å². The van der Waals surface area contributed by atoms with Crippen LogP contribution in [0.15, 0.2) is 23.0 Å². The summed E-state index contributed by atoms with van der Waals surface area (Å²) in [6, 6.07) is 0. The minimum Gasteiger partial charge on any atom is -0.488 e. The van der Waals surface area contributed by atoms with Gasteiger partial charge in [0.2, 0.25) is 0 Å². The molecule has 2 heterocycles. The Morgan fingerprint density at radius 1 is 1.28 bits per heavy atom. The van der Waals surface area contributed by atoms with Crippen LogP contribution in [-0.2, 0) is 9.53 Å². The maximum atomic E-state index is 12.4. The zero-order valence-electron chi connectivity index (χ0n) is 11.5. The summed E-state index contributed by atoms with van der Waals surface area (Å²) >= 11 is 0. The fraction of sp³-hybridized carbons (Fsp3) is 0.667. The first-order valence-electron chi connectivity index (χ1n) is 6.96. The largest absolute Gasteiger partial charge is 0.488 e. The van der Waals surface area contributed by atoms with E-state index in [1.165, 1.54) is 11.1 Å². The predicted octanol–water partition coefficient (Wildman–Crippen LogP) is 3.03. The molecule has 0 saturated carbocycles. The SMILES string of the molecule is CC(C)=CCC1=C(C(=O)N2CCCC2)OCCC1. The van der Waals surface area contributed by atoms with Crippen LogP contribution in [0.1, 0.15) is 46.0 Å².